The minimum Gasteiger partial charge on any atom is -0.494 e. The lowest BCUT2D eigenvalue weighted by molar-refractivity contribution is -0.385. The van der Waals surface area contributed by atoms with E-state index in [0.29, 0.717) is 17.9 Å². The van der Waals surface area contributed by atoms with Gasteiger partial charge >= 0.3 is 0 Å². The number of hydrogen-bond acceptors (Lipinski definition) is 6. The normalized spacial score (nSPS) is 9.89. The van der Waals surface area contributed by atoms with Crippen LogP contribution in [0.15, 0.2) is 48.5 Å². The molecule has 0 saturated heterocycles. The second-order valence-electron chi connectivity index (χ2n) is 5.51. The van der Waals surface area contributed by atoms with Crippen LogP contribution >= 0.6 is 12.2 Å². The summed E-state index contributed by atoms with van der Waals surface area (Å²) < 4.78 is 5.44. The zero-order valence-corrected chi connectivity index (χ0v) is 15.7. The van der Waals surface area contributed by atoms with Crippen LogP contribution in [0.2, 0.25) is 0 Å². The predicted molar refractivity (Wildman–Crippen MR) is 106 cm³/mol. The third-order valence-electron chi connectivity index (χ3n) is 3.45. The number of nitrogens with zero attached hydrogens (tertiary/aromatic N) is 1. The maximum absolute atomic E-state index is 12.2. The van der Waals surface area contributed by atoms with Crippen LogP contribution in [0, 0.1) is 10.1 Å². The topological polar surface area (TPSA) is 123 Å². The number of nitro groups is 1. The number of amides is 2. The molecule has 2 rings (SSSR count). The van der Waals surface area contributed by atoms with Gasteiger partial charge in [-0.3, -0.25) is 35.9 Å². The number of carbonyl (C=O) groups is 2. The molecule has 0 aliphatic heterocycles. The molecule has 3 N–H and O–H groups in total. The average Bonchev–Trinajstić information content (AvgIpc) is 2.70. The molecule has 0 saturated carbocycles. The molecule has 2 aromatic carbocycles. The van der Waals surface area contributed by atoms with Crippen molar-refractivity contribution in [3.63, 3.8) is 0 Å². The highest BCUT2D eigenvalue weighted by Gasteiger charge is 2.19. The molecule has 0 atom stereocenters. The first-order chi connectivity index (χ1) is 13.4. The number of para-hydroxylation sites is 1. The maximum atomic E-state index is 12.2. The third-order valence-corrected chi connectivity index (χ3v) is 3.66. The highest BCUT2D eigenvalue weighted by Crippen LogP contribution is 2.17. The van der Waals surface area contributed by atoms with Crippen LogP contribution in [0.1, 0.15) is 34.1 Å². The van der Waals surface area contributed by atoms with Crippen molar-refractivity contribution in [3.05, 3.63) is 69.8 Å². The van der Waals surface area contributed by atoms with Gasteiger partial charge < -0.3 is 4.74 Å². The van der Waals surface area contributed by atoms with Gasteiger partial charge in [0.05, 0.1) is 11.5 Å². The fraction of sp³-hybridized carbons (Fsp3) is 0.167. The van der Waals surface area contributed by atoms with E-state index in [1.54, 1.807) is 24.3 Å². The summed E-state index contributed by atoms with van der Waals surface area (Å²) in [5, 5.41) is 13.2. The van der Waals surface area contributed by atoms with Crippen molar-refractivity contribution in [2.45, 2.75) is 13.3 Å². The second kappa shape index (κ2) is 9.97. The van der Waals surface area contributed by atoms with Gasteiger partial charge in [-0.1, -0.05) is 19.1 Å². The fourth-order valence-corrected chi connectivity index (χ4v) is 2.28. The van der Waals surface area contributed by atoms with E-state index in [1.165, 1.54) is 24.3 Å². The number of nitrogens with one attached hydrogen (secondary N) is 3. The van der Waals surface area contributed by atoms with Gasteiger partial charge in [0.2, 0.25) is 0 Å². The molecule has 9 nitrogen and oxygen atoms in total. The van der Waals surface area contributed by atoms with Crippen LogP contribution in [0.25, 0.3) is 0 Å². The van der Waals surface area contributed by atoms with Crippen molar-refractivity contribution >= 4 is 34.8 Å². The minimum absolute atomic E-state index is 0.142. The monoisotopic (exact) mass is 402 g/mol. The number of ether oxygens (including phenoxy) is 1. The molecular weight excluding hydrogens is 384 g/mol. The Morgan fingerprint density at radius 2 is 1.75 bits per heavy atom. The van der Waals surface area contributed by atoms with Gasteiger partial charge in [0, 0.05) is 11.6 Å². The molecule has 0 radical (unpaired) electrons. The molecule has 0 fully saturated rings. The van der Waals surface area contributed by atoms with Crippen molar-refractivity contribution < 1.29 is 19.2 Å². The smallest absolute Gasteiger partial charge is 0.282 e. The van der Waals surface area contributed by atoms with Crippen LogP contribution in [0.5, 0.6) is 5.75 Å². The first-order valence-corrected chi connectivity index (χ1v) is 8.71. The van der Waals surface area contributed by atoms with Gasteiger partial charge in [-0.05, 0) is 49.0 Å². The van der Waals surface area contributed by atoms with Crippen LogP contribution in [0.4, 0.5) is 5.69 Å². The summed E-state index contributed by atoms with van der Waals surface area (Å²) in [6, 6.07) is 11.9. The Labute approximate surface area is 166 Å². The highest BCUT2D eigenvalue weighted by atomic mass is 32.1. The Morgan fingerprint density at radius 3 is 2.39 bits per heavy atom. The number of thiocarbonyl (C=S) groups is 1. The number of rotatable bonds is 6. The number of carbonyl (C=O) groups excluding carboxylic acids is 2. The number of hydrogen-bond donors (Lipinski definition) is 3. The summed E-state index contributed by atoms with van der Waals surface area (Å²) in [7, 11) is 0. The summed E-state index contributed by atoms with van der Waals surface area (Å²) in [5.41, 5.74) is 4.41. The number of benzene rings is 2. The molecule has 0 aromatic heterocycles. The zero-order chi connectivity index (χ0) is 20.5. The van der Waals surface area contributed by atoms with Crippen LogP contribution in [-0.2, 0) is 0 Å². The van der Waals surface area contributed by atoms with E-state index >= 15 is 0 Å². The van der Waals surface area contributed by atoms with Gasteiger partial charge in [0.1, 0.15) is 11.3 Å². The number of nitro benzene ring substituents is 1. The Bertz CT molecular complexity index is 886. The summed E-state index contributed by atoms with van der Waals surface area (Å²) in [6.45, 7) is 2.57. The van der Waals surface area contributed by atoms with E-state index in [-0.39, 0.29) is 16.4 Å². The zero-order valence-electron chi connectivity index (χ0n) is 14.9. The molecule has 0 bridgehead atoms. The molecule has 2 aromatic rings. The molecule has 0 heterocycles. The summed E-state index contributed by atoms with van der Waals surface area (Å²) in [6.07, 6.45) is 0.875. The number of hydrazine groups is 1. The van der Waals surface area contributed by atoms with Crippen molar-refractivity contribution in [1.82, 2.24) is 16.2 Å². The summed E-state index contributed by atoms with van der Waals surface area (Å²) in [4.78, 5) is 34.5. The SMILES string of the molecule is CCCOc1ccc(C(=O)NC(=S)NNC(=O)c2ccccc2[N+](=O)[O-])cc1. The van der Waals surface area contributed by atoms with Crippen molar-refractivity contribution in [2.75, 3.05) is 6.61 Å². The largest absolute Gasteiger partial charge is 0.494 e. The molecule has 0 unspecified atom stereocenters. The average molecular weight is 402 g/mol. The molecule has 2 amide bonds. The molecule has 146 valence electrons. The molecule has 0 aliphatic rings. The highest BCUT2D eigenvalue weighted by molar-refractivity contribution is 7.80. The Kier molecular flexibility index (Phi) is 7.40. The molecule has 28 heavy (non-hydrogen) atoms. The van der Waals surface area contributed by atoms with Crippen molar-refractivity contribution in [1.29, 1.82) is 0 Å². The van der Waals surface area contributed by atoms with E-state index in [1.807, 2.05) is 6.92 Å². The Hall–Kier alpha value is -3.53. The van der Waals surface area contributed by atoms with Gasteiger partial charge in [0.15, 0.2) is 5.11 Å². The standard InChI is InChI=1S/C18H18N4O5S/c1-2-11-27-13-9-7-12(8-10-13)16(23)19-18(28)21-20-17(24)14-5-3-4-6-15(14)22(25)26/h3-10H,2,11H2,1H3,(H,20,24)(H2,19,21,23,28). The van der Waals surface area contributed by atoms with E-state index in [4.69, 9.17) is 17.0 Å². The summed E-state index contributed by atoms with van der Waals surface area (Å²) >= 11 is 4.95. The molecule has 10 heteroatoms. The van der Waals surface area contributed by atoms with E-state index in [0.717, 1.165) is 6.42 Å². The Morgan fingerprint density at radius 1 is 1.07 bits per heavy atom. The first kappa shape index (κ1) is 20.8. The maximum Gasteiger partial charge on any atom is 0.282 e. The summed E-state index contributed by atoms with van der Waals surface area (Å²) in [5.74, 6) is -0.600. The van der Waals surface area contributed by atoms with Gasteiger partial charge in [0.25, 0.3) is 17.5 Å². The van der Waals surface area contributed by atoms with Crippen LogP contribution in [-0.4, -0.2) is 28.5 Å². The lowest BCUT2D eigenvalue weighted by Crippen LogP contribution is -2.48. The predicted octanol–water partition coefficient (Wildman–Crippen LogP) is 2.33. The quantitative estimate of drug-likeness (QED) is 0.385. The minimum atomic E-state index is -0.763. The van der Waals surface area contributed by atoms with Gasteiger partial charge in [-0.25, -0.2) is 0 Å². The van der Waals surface area contributed by atoms with Crippen LogP contribution < -0.4 is 20.9 Å². The lowest BCUT2D eigenvalue weighted by Gasteiger charge is -2.11. The van der Waals surface area contributed by atoms with E-state index < -0.39 is 16.7 Å². The lowest BCUT2D eigenvalue weighted by atomic mass is 10.2. The first-order valence-electron chi connectivity index (χ1n) is 8.30. The fourth-order valence-electron chi connectivity index (χ4n) is 2.13. The van der Waals surface area contributed by atoms with Crippen LogP contribution in [0.3, 0.4) is 0 Å². The third kappa shape index (κ3) is 5.74. The van der Waals surface area contributed by atoms with E-state index in [2.05, 4.69) is 16.2 Å². The van der Waals surface area contributed by atoms with Crippen molar-refractivity contribution in [2.24, 2.45) is 0 Å². The van der Waals surface area contributed by atoms with E-state index in [9.17, 15) is 19.7 Å². The molecule has 0 aliphatic carbocycles. The second-order valence-corrected chi connectivity index (χ2v) is 5.92. The van der Waals surface area contributed by atoms with Gasteiger partial charge in [-0.15, -0.1) is 0 Å². The molecule has 0 spiro atoms. The molecular formula is C18H18N4O5S. The van der Waals surface area contributed by atoms with Gasteiger partial charge in [-0.2, -0.15) is 0 Å². The Balaban J connectivity index is 1.89. The van der Waals surface area contributed by atoms with Crippen molar-refractivity contribution in [3.8, 4) is 5.75 Å².